The van der Waals surface area contributed by atoms with Gasteiger partial charge < -0.3 is 19.2 Å². The zero-order chi connectivity index (χ0) is 15.4. The molecule has 0 fully saturated rings. The predicted octanol–water partition coefficient (Wildman–Crippen LogP) is 0.908. The van der Waals surface area contributed by atoms with Crippen molar-refractivity contribution >= 4 is 12.6 Å². The number of rotatable bonds is 6. The summed E-state index contributed by atoms with van der Waals surface area (Å²) in [5, 5.41) is 18.8. The van der Waals surface area contributed by atoms with Gasteiger partial charge in [-0.15, -0.1) is 0 Å². The van der Waals surface area contributed by atoms with Crippen LogP contribution in [0.25, 0.3) is 0 Å². The summed E-state index contributed by atoms with van der Waals surface area (Å²) in [5.41, 5.74) is 2.51. The molecule has 1 aromatic carbocycles. The Hall–Kier alpha value is -1.76. The van der Waals surface area contributed by atoms with E-state index in [-0.39, 0.29) is 0 Å². The molecule has 0 aliphatic rings. The summed E-state index contributed by atoms with van der Waals surface area (Å²) in [6.07, 6.45) is 1.69. The lowest BCUT2D eigenvalue weighted by Gasteiger charge is -2.17. The van der Waals surface area contributed by atoms with Crippen LogP contribution in [0.15, 0.2) is 34.9 Å². The summed E-state index contributed by atoms with van der Waals surface area (Å²) in [4.78, 5) is 2.13. The zero-order valence-corrected chi connectivity index (χ0v) is 12.5. The van der Waals surface area contributed by atoms with E-state index < -0.39 is 7.12 Å². The lowest BCUT2D eigenvalue weighted by Crippen LogP contribution is -2.32. The molecule has 112 valence electrons. The van der Waals surface area contributed by atoms with Crippen molar-refractivity contribution in [2.75, 3.05) is 14.2 Å². The normalized spacial score (nSPS) is 11.0. The third-order valence-corrected chi connectivity index (χ3v) is 3.43. The van der Waals surface area contributed by atoms with Crippen LogP contribution in [0.5, 0.6) is 5.75 Å². The molecule has 0 saturated heterocycles. The Labute approximate surface area is 124 Å². The van der Waals surface area contributed by atoms with Crippen molar-refractivity contribution in [1.82, 2.24) is 4.90 Å². The second-order valence-electron chi connectivity index (χ2n) is 5.12. The van der Waals surface area contributed by atoms with Gasteiger partial charge in [-0.3, -0.25) is 4.90 Å². The quantitative estimate of drug-likeness (QED) is 0.774. The van der Waals surface area contributed by atoms with Gasteiger partial charge in [-0.25, -0.2) is 0 Å². The van der Waals surface area contributed by atoms with Gasteiger partial charge in [0.05, 0.1) is 13.4 Å². The Balaban J connectivity index is 2.08. The highest BCUT2D eigenvalue weighted by Crippen LogP contribution is 2.15. The minimum Gasteiger partial charge on any atom is -0.497 e. The van der Waals surface area contributed by atoms with Crippen LogP contribution in [0.3, 0.4) is 0 Å². The Bertz CT molecular complexity index is 597. The van der Waals surface area contributed by atoms with Gasteiger partial charge >= 0.3 is 7.12 Å². The van der Waals surface area contributed by atoms with Gasteiger partial charge in [0.2, 0.25) is 0 Å². The van der Waals surface area contributed by atoms with Crippen molar-refractivity contribution in [3.05, 3.63) is 47.4 Å². The number of nitrogens with zero attached hydrogens (tertiary/aromatic N) is 1. The van der Waals surface area contributed by atoms with Crippen molar-refractivity contribution in [2.45, 2.75) is 20.0 Å². The first-order valence-corrected chi connectivity index (χ1v) is 6.75. The van der Waals surface area contributed by atoms with E-state index >= 15 is 0 Å². The molecule has 2 aromatic rings. The Morgan fingerprint density at radius 1 is 1.24 bits per heavy atom. The molecule has 1 aromatic heterocycles. The van der Waals surface area contributed by atoms with Crippen LogP contribution in [0.1, 0.15) is 16.9 Å². The van der Waals surface area contributed by atoms with E-state index in [1.807, 2.05) is 26.1 Å². The van der Waals surface area contributed by atoms with Gasteiger partial charge in [-0.1, -0.05) is 12.1 Å². The maximum Gasteiger partial charge on any atom is 0.492 e. The van der Waals surface area contributed by atoms with E-state index in [0.29, 0.717) is 17.8 Å². The molecule has 0 saturated carbocycles. The monoisotopic (exact) mass is 289 g/mol. The zero-order valence-electron chi connectivity index (χ0n) is 12.5. The smallest absolute Gasteiger partial charge is 0.492 e. The maximum atomic E-state index is 9.39. The lowest BCUT2D eigenvalue weighted by atomic mass is 9.78. The number of benzene rings is 1. The van der Waals surface area contributed by atoms with Gasteiger partial charge in [0.1, 0.15) is 11.5 Å². The fourth-order valence-electron chi connectivity index (χ4n) is 2.32. The third kappa shape index (κ3) is 3.88. The Kier molecular flexibility index (Phi) is 5.06. The second kappa shape index (κ2) is 6.80. The fraction of sp³-hybridized carbons (Fsp3) is 0.333. The molecule has 0 unspecified atom stereocenters. The number of furan rings is 1. The van der Waals surface area contributed by atoms with E-state index in [9.17, 15) is 10.0 Å². The molecular formula is C15H20BNO4. The fourth-order valence-corrected chi connectivity index (χ4v) is 2.32. The number of hydrogen-bond donors (Lipinski definition) is 2. The minimum atomic E-state index is -1.54. The molecule has 2 N–H and O–H groups in total. The second-order valence-corrected chi connectivity index (χ2v) is 5.12. The van der Waals surface area contributed by atoms with Crippen LogP contribution in [-0.2, 0) is 13.1 Å². The molecule has 0 radical (unpaired) electrons. The third-order valence-electron chi connectivity index (χ3n) is 3.43. The van der Waals surface area contributed by atoms with Crippen LogP contribution >= 0.6 is 0 Å². The van der Waals surface area contributed by atoms with Gasteiger partial charge in [-0.2, -0.15) is 0 Å². The largest absolute Gasteiger partial charge is 0.497 e. The molecule has 0 aliphatic carbocycles. The van der Waals surface area contributed by atoms with Crippen LogP contribution < -0.4 is 10.2 Å². The van der Waals surface area contributed by atoms with Crippen LogP contribution in [0.4, 0.5) is 0 Å². The van der Waals surface area contributed by atoms with Crippen molar-refractivity contribution in [3.63, 3.8) is 0 Å². The molecule has 0 atom stereocenters. The summed E-state index contributed by atoms with van der Waals surface area (Å²) < 4.78 is 10.4. The lowest BCUT2D eigenvalue weighted by molar-refractivity contribution is 0.316. The van der Waals surface area contributed by atoms with Crippen molar-refractivity contribution in [1.29, 1.82) is 0 Å². The highest BCUT2D eigenvalue weighted by atomic mass is 16.5. The van der Waals surface area contributed by atoms with Gasteiger partial charge in [0, 0.05) is 24.1 Å². The maximum absolute atomic E-state index is 9.39. The summed E-state index contributed by atoms with van der Waals surface area (Å²) in [5.74, 6) is 1.39. The Morgan fingerprint density at radius 2 is 2.00 bits per heavy atom. The number of ether oxygens (including phenoxy) is 1. The van der Waals surface area contributed by atoms with Crippen LogP contribution in [-0.4, -0.2) is 36.2 Å². The molecule has 0 amide bonds. The van der Waals surface area contributed by atoms with Crippen LogP contribution in [0.2, 0.25) is 0 Å². The molecular weight excluding hydrogens is 269 g/mol. The summed E-state index contributed by atoms with van der Waals surface area (Å²) in [6, 6.07) is 7.38. The summed E-state index contributed by atoms with van der Waals surface area (Å²) in [7, 11) is 1.97. The Morgan fingerprint density at radius 3 is 2.57 bits per heavy atom. The van der Waals surface area contributed by atoms with E-state index in [4.69, 9.17) is 9.15 Å². The topological polar surface area (TPSA) is 66.1 Å². The molecule has 0 bridgehead atoms. The first-order valence-electron chi connectivity index (χ1n) is 6.75. The number of hydrogen-bond acceptors (Lipinski definition) is 5. The van der Waals surface area contributed by atoms with E-state index in [0.717, 1.165) is 23.4 Å². The summed E-state index contributed by atoms with van der Waals surface area (Å²) >= 11 is 0. The first kappa shape index (κ1) is 15.6. The van der Waals surface area contributed by atoms with Gasteiger partial charge in [0.25, 0.3) is 0 Å². The molecule has 1 heterocycles. The van der Waals surface area contributed by atoms with Gasteiger partial charge in [0.15, 0.2) is 0 Å². The molecule has 2 rings (SSSR count). The molecule has 0 aliphatic heterocycles. The SMILES string of the molecule is COc1ccc(CN(C)Cc2ccoc2C)cc1B(O)O. The van der Waals surface area contributed by atoms with Gasteiger partial charge in [-0.05, 0) is 31.7 Å². The van der Waals surface area contributed by atoms with E-state index in [1.54, 1.807) is 18.4 Å². The number of aryl methyl sites for hydroxylation is 1. The van der Waals surface area contributed by atoms with Crippen LogP contribution in [0, 0.1) is 6.92 Å². The minimum absolute atomic E-state index is 0.378. The summed E-state index contributed by atoms with van der Waals surface area (Å²) in [6.45, 7) is 3.40. The van der Waals surface area contributed by atoms with Crippen molar-refractivity contribution in [2.24, 2.45) is 0 Å². The van der Waals surface area contributed by atoms with E-state index in [1.165, 1.54) is 7.11 Å². The first-order chi connectivity index (χ1) is 10.0. The van der Waals surface area contributed by atoms with Crippen molar-refractivity contribution < 1.29 is 19.2 Å². The molecule has 5 nitrogen and oxygen atoms in total. The van der Waals surface area contributed by atoms with Crippen molar-refractivity contribution in [3.8, 4) is 5.75 Å². The average Bonchev–Trinajstić information content (AvgIpc) is 2.84. The highest BCUT2D eigenvalue weighted by Gasteiger charge is 2.17. The average molecular weight is 289 g/mol. The molecule has 21 heavy (non-hydrogen) atoms. The highest BCUT2D eigenvalue weighted by molar-refractivity contribution is 6.59. The standard InChI is InChI=1S/C15H20BNO4/c1-11-13(6-7-21-11)10-17(2)9-12-4-5-15(20-3)14(8-12)16(18)19/h4-8,18-19H,9-10H2,1-3H3. The molecule has 6 heteroatoms. The van der Waals surface area contributed by atoms with E-state index in [2.05, 4.69) is 4.90 Å². The number of methoxy groups -OCH3 is 1. The predicted molar refractivity (Wildman–Crippen MR) is 81.4 cm³/mol. The molecule has 0 spiro atoms.